The maximum absolute atomic E-state index is 12.3. The largest absolute Gasteiger partial charge is 0.493 e. The molecule has 130 valence electrons. The van der Waals surface area contributed by atoms with E-state index in [-0.39, 0.29) is 18.3 Å². The summed E-state index contributed by atoms with van der Waals surface area (Å²) in [6, 6.07) is 7.86. The maximum Gasteiger partial charge on any atom is 0.240 e. The Hall–Kier alpha value is -1.26. The Bertz CT molecular complexity index is 500. The number of halogens is 1. The van der Waals surface area contributed by atoms with Crippen molar-refractivity contribution < 1.29 is 9.53 Å². The molecule has 0 heterocycles. The van der Waals surface area contributed by atoms with E-state index in [1.165, 1.54) is 0 Å². The van der Waals surface area contributed by atoms with E-state index in [1.807, 2.05) is 24.3 Å². The van der Waals surface area contributed by atoms with Gasteiger partial charge in [0.2, 0.25) is 5.91 Å². The first-order valence-corrected chi connectivity index (χ1v) is 8.29. The Morgan fingerprint density at radius 3 is 2.61 bits per heavy atom. The van der Waals surface area contributed by atoms with Crippen LogP contribution in [0.5, 0.6) is 5.75 Å². The van der Waals surface area contributed by atoms with Crippen LogP contribution >= 0.6 is 12.4 Å². The zero-order valence-corrected chi connectivity index (χ0v) is 15.0. The summed E-state index contributed by atoms with van der Waals surface area (Å²) >= 11 is 0. The average Bonchev–Trinajstić information content (AvgIpc) is 2.93. The Kier molecular flexibility index (Phi) is 7.86. The molecular formula is C18H29ClN2O2. The third-order valence-electron chi connectivity index (χ3n) is 4.31. The van der Waals surface area contributed by atoms with E-state index in [9.17, 15) is 4.79 Å². The van der Waals surface area contributed by atoms with Gasteiger partial charge in [-0.25, -0.2) is 0 Å². The molecule has 2 rings (SSSR count). The van der Waals surface area contributed by atoms with Crippen molar-refractivity contribution >= 4 is 18.3 Å². The van der Waals surface area contributed by atoms with Gasteiger partial charge in [-0.2, -0.15) is 0 Å². The summed E-state index contributed by atoms with van der Waals surface area (Å²) in [5.41, 5.74) is 6.50. The van der Waals surface area contributed by atoms with Crippen molar-refractivity contribution in [3.63, 3.8) is 0 Å². The number of hydrogen-bond acceptors (Lipinski definition) is 3. The van der Waals surface area contributed by atoms with Crippen molar-refractivity contribution in [3.8, 4) is 5.75 Å². The molecule has 1 aliphatic carbocycles. The first-order chi connectivity index (χ1) is 10.5. The van der Waals surface area contributed by atoms with E-state index in [1.54, 1.807) is 0 Å². The Morgan fingerprint density at radius 2 is 1.96 bits per heavy atom. The standard InChI is InChI=1S/C18H28N2O2.ClH/c1-14(2)9-12-22-16-8-4-3-7-15(16)13-20-17(21)18(19)10-5-6-11-18;/h3-4,7-8,14H,5-6,9-13,19H2,1-2H3,(H,20,21);1H. The fraction of sp³-hybridized carbons (Fsp3) is 0.611. The average molecular weight is 341 g/mol. The quantitative estimate of drug-likeness (QED) is 0.799. The number of nitrogens with one attached hydrogen (secondary N) is 1. The van der Waals surface area contributed by atoms with Crippen LogP contribution in [0.3, 0.4) is 0 Å². The lowest BCUT2D eigenvalue weighted by Gasteiger charge is -2.22. The highest BCUT2D eigenvalue weighted by atomic mass is 35.5. The van der Waals surface area contributed by atoms with E-state index in [0.29, 0.717) is 19.1 Å². The molecule has 0 spiro atoms. The highest BCUT2D eigenvalue weighted by Gasteiger charge is 2.36. The summed E-state index contributed by atoms with van der Waals surface area (Å²) < 4.78 is 5.85. The highest BCUT2D eigenvalue weighted by molar-refractivity contribution is 5.86. The molecular weight excluding hydrogens is 312 g/mol. The topological polar surface area (TPSA) is 64.3 Å². The van der Waals surface area contributed by atoms with E-state index < -0.39 is 5.54 Å². The molecule has 0 aromatic heterocycles. The fourth-order valence-electron chi connectivity index (χ4n) is 2.78. The summed E-state index contributed by atoms with van der Waals surface area (Å²) in [6.07, 6.45) is 4.67. The molecule has 1 saturated carbocycles. The number of ether oxygens (including phenoxy) is 1. The predicted molar refractivity (Wildman–Crippen MR) is 95.9 cm³/mol. The van der Waals surface area contributed by atoms with Crippen LogP contribution in [0, 0.1) is 5.92 Å². The summed E-state index contributed by atoms with van der Waals surface area (Å²) in [5, 5.41) is 2.98. The molecule has 1 aromatic carbocycles. The van der Waals surface area contributed by atoms with Gasteiger partial charge >= 0.3 is 0 Å². The third-order valence-corrected chi connectivity index (χ3v) is 4.31. The van der Waals surface area contributed by atoms with Crippen LogP contribution in [0.1, 0.15) is 51.5 Å². The molecule has 1 aromatic rings. The zero-order valence-electron chi connectivity index (χ0n) is 14.1. The van der Waals surface area contributed by atoms with E-state index >= 15 is 0 Å². The number of para-hydroxylation sites is 1. The summed E-state index contributed by atoms with van der Waals surface area (Å²) in [7, 11) is 0. The summed E-state index contributed by atoms with van der Waals surface area (Å²) in [6.45, 7) is 5.52. The lowest BCUT2D eigenvalue weighted by atomic mass is 9.98. The summed E-state index contributed by atoms with van der Waals surface area (Å²) in [5.74, 6) is 1.43. The number of carbonyl (C=O) groups is 1. The molecule has 4 nitrogen and oxygen atoms in total. The second-order valence-corrected chi connectivity index (χ2v) is 6.68. The smallest absolute Gasteiger partial charge is 0.240 e. The third kappa shape index (κ3) is 5.70. The molecule has 1 fully saturated rings. The van der Waals surface area contributed by atoms with E-state index in [0.717, 1.165) is 43.4 Å². The first kappa shape index (κ1) is 19.8. The molecule has 0 unspecified atom stereocenters. The zero-order chi connectivity index (χ0) is 16.0. The Labute approximate surface area is 145 Å². The fourth-order valence-corrected chi connectivity index (χ4v) is 2.78. The number of amides is 1. The second kappa shape index (κ2) is 9.14. The summed E-state index contributed by atoms with van der Waals surface area (Å²) in [4.78, 5) is 12.3. The monoisotopic (exact) mass is 340 g/mol. The van der Waals surface area contributed by atoms with Crippen molar-refractivity contribution in [1.82, 2.24) is 5.32 Å². The van der Waals surface area contributed by atoms with Crippen LogP contribution in [-0.2, 0) is 11.3 Å². The molecule has 1 aliphatic rings. The van der Waals surface area contributed by atoms with Gasteiger partial charge in [0.1, 0.15) is 5.75 Å². The SMILES string of the molecule is CC(C)CCOc1ccccc1CNC(=O)C1(N)CCCC1.Cl. The van der Waals surface area contributed by atoms with Crippen LogP contribution in [0.15, 0.2) is 24.3 Å². The molecule has 5 heteroatoms. The molecule has 0 atom stereocenters. The van der Waals surface area contributed by atoms with Crippen LogP contribution in [0.2, 0.25) is 0 Å². The number of rotatable bonds is 7. The van der Waals surface area contributed by atoms with Crippen molar-refractivity contribution in [1.29, 1.82) is 0 Å². The normalized spacial score (nSPS) is 16.0. The van der Waals surface area contributed by atoms with Crippen molar-refractivity contribution in [3.05, 3.63) is 29.8 Å². The van der Waals surface area contributed by atoms with Gasteiger partial charge in [0.15, 0.2) is 0 Å². The lowest BCUT2D eigenvalue weighted by Crippen LogP contribution is -2.51. The van der Waals surface area contributed by atoms with Gasteiger partial charge in [-0.3, -0.25) is 4.79 Å². The van der Waals surface area contributed by atoms with Crippen LogP contribution in [0.25, 0.3) is 0 Å². The lowest BCUT2D eigenvalue weighted by molar-refractivity contribution is -0.126. The van der Waals surface area contributed by atoms with Gasteiger partial charge in [0, 0.05) is 12.1 Å². The number of benzene rings is 1. The second-order valence-electron chi connectivity index (χ2n) is 6.68. The molecule has 1 amide bonds. The van der Waals surface area contributed by atoms with Crippen LogP contribution in [0.4, 0.5) is 0 Å². The van der Waals surface area contributed by atoms with Gasteiger partial charge in [0.05, 0.1) is 12.1 Å². The van der Waals surface area contributed by atoms with Crippen LogP contribution < -0.4 is 15.8 Å². The number of hydrogen-bond donors (Lipinski definition) is 2. The molecule has 0 saturated heterocycles. The van der Waals surface area contributed by atoms with Gasteiger partial charge in [0.25, 0.3) is 0 Å². The number of nitrogens with two attached hydrogens (primary N) is 1. The van der Waals surface area contributed by atoms with Gasteiger partial charge < -0.3 is 15.8 Å². The molecule has 23 heavy (non-hydrogen) atoms. The van der Waals surface area contributed by atoms with E-state index in [2.05, 4.69) is 19.2 Å². The van der Waals surface area contributed by atoms with Gasteiger partial charge in [-0.1, -0.05) is 44.9 Å². The highest BCUT2D eigenvalue weighted by Crippen LogP contribution is 2.27. The van der Waals surface area contributed by atoms with Crippen molar-refractivity contribution in [2.75, 3.05) is 6.61 Å². The van der Waals surface area contributed by atoms with Crippen molar-refractivity contribution in [2.24, 2.45) is 11.7 Å². The minimum atomic E-state index is -0.673. The van der Waals surface area contributed by atoms with Crippen molar-refractivity contribution in [2.45, 2.75) is 58.0 Å². The van der Waals surface area contributed by atoms with Gasteiger partial charge in [-0.15, -0.1) is 12.4 Å². The Balaban J connectivity index is 0.00000264. The minimum absolute atomic E-state index is 0. The van der Waals surface area contributed by atoms with E-state index in [4.69, 9.17) is 10.5 Å². The molecule has 0 bridgehead atoms. The molecule has 0 radical (unpaired) electrons. The first-order valence-electron chi connectivity index (χ1n) is 8.29. The predicted octanol–water partition coefficient (Wildman–Crippen LogP) is 3.42. The molecule has 0 aliphatic heterocycles. The number of carbonyl (C=O) groups excluding carboxylic acids is 1. The Morgan fingerprint density at radius 1 is 1.30 bits per heavy atom. The minimum Gasteiger partial charge on any atom is -0.493 e. The maximum atomic E-state index is 12.3. The van der Waals surface area contributed by atoms with Gasteiger partial charge in [-0.05, 0) is 31.2 Å². The molecule has 3 N–H and O–H groups in total. The van der Waals surface area contributed by atoms with Crippen LogP contribution in [-0.4, -0.2) is 18.1 Å².